The van der Waals surface area contributed by atoms with Crippen LogP contribution in [-0.4, -0.2) is 29.8 Å². The maximum Gasteiger partial charge on any atom is 0.264 e. The molecule has 0 saturated heterocycles. The van der Waals surface area contributed by atoms with Crippen LogP contribution in [0.5, 0.6) is 5.88 Å². The number of aromatic nitrogens is 1. The Hall–Kier alpha value is -1.98. The SMILES string of the molecule is CCOc1cc(NCCCC(=O)/C=C/C(C)(F)F)ccn1. The van der Waals surface area contributed by atoms with E-state index in [0.717, 1.165) is 18.7 Å². The molecule has 0 amide bonds. The first kappa shape index (κ1) is 17.1. The highest BCUT2D eigenvalue weighted by molar-refractivity contribution is 5.89. The largest absolute Gasteiger partial charge is 0.478 e. The van der Waals surface area contributed by atoms with Gasteiger partial charge >= 0.3 is 0 Å². The number of hydrogen-bond donors (Lipinski definition) is 1. The molecular weight excluding hydrogens is 278 g/mol. The number of ether oxygens (including phenoxy) is 1. The van der Waals surface area contributed by atoms with Crippen molar-refractivity contribution in [2.24, 2.45) is 0 Å². The molecule has 0 saturated carbocycles. The van der Waals surface area contributed by atoms with E-state index >= 15 is 0 Å². The molecule has 6 heteroatoms. The van der Waals surface area contributed by atoms with Crippen LogP contribution in [0.4, 0.5) is 14.5 Å². The maximum atomic E-state index is 12.5. The Morgan fingerprint density at radius 3 is 2.95 bits per heavy atom. The lowest BCUT2D eigenvalue weighted by molar-refractivity contribution is -0.114. The van der Waals surface area contributed by atoms with Gasteiger partial charge in [-0.2, -0.15) is 0 Å². The highest BCUT2D eigenvalue weighted by Crippen LogP contribution is 2.14. The van der Waals surface area contributed by atoms with Crippen LogP contribution in [0.1, 0.15) is 26.7 Å². The predicted octanol–water partition coefficient (Wildman–Crippen LogP) is 3.45. The van der Waals surface area contributed by atoms with Crippen LogP contribution in [0, 0.1) is 0 Å². The topological polar surface area (TPSA) is 51.2 Å². The van der Waals surface area contributed by atoms with E-state index in [0.29, 0.717) is 31.5 Å². The third-order valence-electron chi connectivity index (χ3n) is 2.52. The van der Waals surface area contributed by atoms with E-state index in [4.69, 9.17) is 4.74 Å². The summed E-state index contributed by atoms with van der Waals surface area (Å²) in [6.45, 7) is 3.73. The quantitative estimate of drug-likeness (QED) is 0.560. The van der Waals surface area contributed by atoms with Crippen molar-refractivity contribution in [3.05, 3.63) is 30.5 Å². The summed E-state index contributed by atoms with van der Waals surface area (Å²) in [5, 5.41) is 3.13. The van der Waals surface area contributed by atoms with Crippen molar-refractivity contribution >= 4 is 11.5 Å². The molecule has 0 aliphatic carbocycles. The van der Waals surface area contributed by atoms with Gasteiger partial charge in [-0.15, -0.1) is 0 Å². The molecule has 1 aromatic rings. The minimum absolute atomic E-state index is 0.225. The maximum absolute atomic E-state index is 12.5. The Labute approximate surface area is 123 Å². The molecule has 1 N–H and O–H groups in total. The van der Waals surface area contributed by atoms with E-state index in [1.807, 2.05) is 6.92 Å². The van der Waals surface area contributed by atoms with E-state index in [1.165, 1.54) is 0 Å². The standard InChI is InChI=1S/C15H20F2N2O2/c1-3-21-14-11-12(7-10-19-14)18-9-4-5-13(20)6-8-15(2,16)17/h6-8,10-11H,3-5,9H2,1-2H3,(H,18,19)/b8-6+. The predicted molar refractivity (Wildman–Crippen MR) is 77.9 cm³/mol. The van der Waals surface area contributed by atoms with Gasteiger partial charge in [-0.05, 0) is 31.6 Å². The summed E-state index contributed by atoms with van der Waals surface area (Å²) < 4.78 is 30.3. The monoisotopic (exact) mass is 298 g/mol. The molecule has 0 spiro atoms. The summed E-state index contributed by atoms with van der Waals surface area (Å²) in [5.74, 6) is -2.71. The molecule has 0 radical (unpaired) electrons. The van der Waals surface area contributed by atoms with Crippen LogP contribution in [0.2, 0.25) is 0 Å². The third kappa shape index (κ3) is 8.02. The molecule has 0 fully saturated rings. The molecule has 0 aliphatic rings. The molecule has 0 unspecified atom stereocenters. The summed E-state index contributed by atoms with van der Waals surface area (Å²) in [7, 11) is 0. The summed E-state index contributed by atoms with van der Waals surface area (Å²) in [6, 6.07) is 3.56. The number of hydrogen-bond acceptors (Lipinski definition) is 4. The van der Waals surface area contributed by atoms with E-state index < -0.39 is 5.92 Å². The number of nitrogens with zero attached hydrogens (tertiary/aromatic N) is 1. The van der Waals surface area contributed by atoms with Crippen LogP contribution < -0.4 is 10.1 Å². The minimum Gasteiger partial charge on any atom is -0.478 e. The van der Waals surface area contributed by atoms with Gasteiger partial charge in [-0.25, -0.2) is 13.8 Å². The van der Waals surface area contributed by atoms with Gasteiger partial charge in [0.2, 0.25) is 5.88 Å². The fourth-order valence-electron chi connectivity index (χ4n) is 1.56. The van der Waals surface area contributed by atoms with Crippen LogP contribution in [0.15, 0.2) is 30.5 Å². The number of rotatable bonds is 9. The number of anilines is 1. The molecule has 21 heavy (non-hydrogen) atoms. The van der Waals surface area contributed by atoms with Gasteiger partial charge in [0.25, 0.3) is 5.92 Å². The van der Waals surface area contributed by atoms with Crippen molar-refractivity contribution in [1.29, 1.82) is 0 Å². The third-order valence-corrected chi connectivity index (χ3v) is 2.52. The number of ketones is 1. The first-order chi connectivity index (χ1) is 9.90. The Morgan fingerprint density at radius 2 is 2.29 bits per heavy atom. The zero-order valence-corrected chi connectivity index (χ0v) is 12.2. The molecular formula is C15H20F2N2O2. The molecule has 0 aromatic carbocycles. The second-order valence-electron chi connectivity index (χ2n) is 4.60. The van der Waals surface area contributed by atoms with Crippen LogP contribution in [0.25, 0.3) is 0 Å². The van der Waals surface area contributed by atoms with Crippen molar-refractivity contribution in [3.8, 4) is 5.88 Å². The van der Waals surface area contributed by atoms with Gasteiger partial charge in [0.05, 0.1) is 6.61 Å². The second kappa shape index (κ2) is 8.34. The van der Waals surface area contributed by atoms with Gasteiger partial charge < -0.3 is 10.1 Å². The number of carbonyl (C=O) groups is 1. The fourth-order valence-corrected chi connectivity index (χ4v) is 1.56. The molecule has 0 atom stereocenters. The first-order valence-corrected chi connectivity index (χ1v) is 6.83. The Bertz CT molecular complexity index is 485. The number of halogens is 2. The fraction of sp³-hybridized carbons (Fsp3) is 0.467. The van der Waals surface area contributed by atoms with Crippen molar-refractivity contribution in [2.75, 3.05) is 18.5 Å². The molecule has 116 valence electrons. The normalized spacial score (nSPS) is 11.6. The van der Waals surface area contributed by atoms with Gasteiger partial charge in [-0.1, -0.05) is 0 Å². The van der Waals surface area contributed by atoms with Gasteiger partial charge in [0.1, 0.15) is 0 Å². The van der Waals surface area contributed by atoms with Crippen molar-refractivity contribution in [2.45, 2.75) is 32.6 Å². The Morgan fingerprint density at radius 1 is 1.52 bits per heavy atom. The number of nitrogens with one attached hydrogen (secondary N) is 1. The lowest BCUT2D eigenvalue weighted by Gasteiger charge is -2.07. The van der Waals surface area contributed by atoms with Gasteiger partial charge in [-0.3, -0.25) is 4.79 Å². The highest BCUT2D eigenvalue weighted by atomic mass is 19.3. The highest BCUT2D eigenvalue weighted by Gasteiger charge is 2.15. The average molecular weight is 298 g/mol. The summed E-state index contributed by atoms with van der Waals surface area (Å²) in [6.07, 6.45) is 3.98. The lowest BCUT2D eigenvalue weighted by Crippen LogP contribution is -2.07. The molecule has 1 heterocycles. The second-order valence-corrected chi connectivity index (χ2v) is 4.60. The molecule has 1 aromatic heterocycles. The van der Waals surface area contributed by atoms with E-state index in [-0.39, 0.29) is 12.2 Å². The Balaban J connectivity index is 2.29. The Kier molecular flexibility index (Phi) is 6.78. The molecule has 0 bridgehead atoms. The summed E-state index contributed by atoms with van der Waals surface area (Å²) >= 11 is 0. The molecule has 0 aliphatic heterocycles. The lowest BCUT2D eigenvalue weighted by atomic mass is 10.2. The van der Waals surface area contributed by atoms with E-state index in [9.17, 15) is 13.6 Å². The number of pyridine rings is 1. The number of carbonyl (C=O) groups excluding carboxylic acids is 1. The van der Waals surface area contributed by atoms with Crippen molar-refractivity contribution < 1.29 is 18.3 Å². The smallest absolute Gasteiger partial charge is 0.264 e. The zero-order valence-electron chi connectivity index (χ0n) is 12.2. The van der Waals surface area contributed by atoms with Gasteiger partial charge in [0, 0.05) is 37.8 Å². The molecule has 1 rings (SSSR count). The average Bonchev–Trinajstić information content (AvgIpc) is 2.41. The van der Waals surface area contributed by atoms with Gasteiger partial charge in [0.15, 0.2) is 5.78 Å². The van der Waals surface area contributed by atoms with Crippen LogP contribution in [0.3, 0.4) is 0 Å². The van der Waals surface area contributed by atoms with E-state index in [1.54, 1.807) is 18.3 Å². The van der Waals surface area contributed by atoms with Crippen molar-refractivity contribution in [3.63, 3.8) is 0 Å². The summed E-state index contributed by atoms with van der Waals surface area (Å²) in [4.78, 5) is 15.4. The number of allylic oxidation sites excluding steroid dienone is 2. The summed E-state index contributed by atoms with van der Waals surface area (Å²) in [5.41, 5.74) is 0.844. The number of alkyl halides is 2. The zero-order chi connectivity index (χ0) is 15.7. The first-order valence-electron chi connectivity index (χ1n) is 6.83. The van der Waals surface area contributed by atoms with E-state index in [2.05, 4.69) is 10.3 Å². The minimum atomic E-state index is -2.94. The van der Waals surface area contributed by atoms with Crippen LogP contribution in [-0.2, 0) is 4.79 Å². The van der Waals surface area contributed by atoms with Crippen molar-refractivity contribution in [1.82, 2.24) is 4.98 Å². The van der Waals surface area contributed by atoms with Crippen LogP contribution >= 0.6 is 0 Å². The molecule has 4 nitrogen and oxygen atoms in total.